The van der Waals surface area contributed by atoms with Gasteiger partial charge in [0, 0.05) is 17.4 Å². The molecule has 0 amide bonds. The van der Waals surface area contributed by atoms with Gasteiger partial charge >= 0.3 is 0 Å². The lowest BCUT2D eigenvalue weighted by Crippen LogP contribution is -1.64. The maximum absolute atomic E-state index is 4.69. The van der Waals surface area contributed by atoms with Crippen molar-refractivity contribution in [1.29, 1.82) is 0 Å². The number of hydrogen-bond donors (Lipinski definition) is 0. The minimum atomic E-state index is 0. The Labute approximate surface area is 76.9 Å². The van der Waals surface area contributed by atoms with E-state index in [0.29, 0.717) is 13.2 Å². The van der Waals surface area contributed by atoms with Crippen molar-refractivity contribution in [2.45, 2.75) is 13.8 Å². The average Bonchev–Trinajstić information content (AvgIpc) is 1.88. The minimum absolute atomic E-state index is 0. The highest BCUT2D eigenvalue weighted by molar-refractivity contribution is 6.07. The predicted octanol–water partition coefficient (Wildman–Crippen LogP) is 1.97. The summed E-state index contributed by atoms with van der Waals surface area (Å²) < 4.78 is 8.03. The second kappa shape index (κ2) is 23.0. The Morgan fingerprint density at radius 3 is 1.11 bits per heavy atom. The van der Waals surface area contributed by atoms with Crippen LogP contribution in [0.5, 0.6) is 0 Å². The van der Waals surface area contributed by atoms with Crippen LogP contribution in [0.4, 0.5) is 0 Å². The first-order valence-corrected chi connectivity index (χ1v) is 2.92. The van der Waals surface area contributed by atoms with Crippen LogP contribution in [-0.4, -0.2) is 30.6 Å². The summed E-state index contributed by atoms with van der Waals surface area (Å²) in [7, 11) is 0. The molecule has 0 aromatic heterocycles. The van der Waals surface area contributed by atoms with Crippen LogP contribution in [0, 0.1) is 0 Å². The first-order valence-electron chi connectivity index (χ1n) is 2.30. The van der Waals surface area contributed by atoms with Gasteiger partial charge < -0.3 is 0 Å². The molecule has 9 heavy (non-hydrogen) atoms. The van der Waals surface area contributed by atoms with Crippen LogP contribution in [0.25, 0.3) is 0 Å². The summed E-state index contributed by atoms with van der Waals surface area (Å²) in [6.45, 7) is 4.82. The molecule has 0 bridgehead atoms. The van der Waals surface area contributed by atoms with Crippen LogP contribution in [0.15, 0.2) is 0 Å². The van der Waals surface area contributed by atoms with Crippen molar-refractivity contribution in [3.8, 4) is 0 Å². The Kier molecular flexibility index (Phi) is 42.3. The zero-order valence-corrected chi connectivity index (χ0v) is 8.23. The molecule has 0 aliphatic carbocycles. The lowest BCUT2D eigenvalue weighted by molar-refractivity contribution is 0.378. The molecular weight excluding hydrogens is 178 g/mol. The molecule has 0 N–H and O–H groups in total. The quantitative estimate of drug-likeness (QED) is 0.616. The largest absolute Gasteiger partial charge is 0.280 e. The maximum atomic E-state index is 4.69. The van der Waals surface area contributed by atoms with Gasteiger partial charge in [-0.2, -0.15) is 0 Å². The van der Waals surface area contributed by atoms with Crippen molar-refractivity contribution < 1.29 is 8.58 Å². The monoisotopic (exact) mass is 187 g/mol. The summed E-state index contributed by atoms with van der Waals surface area (Å²) in [6, 6.07) is 0. The van der Waals surface area contributed by atoms with E-state index in [0.717, 1.165) is 0 Å². The van der Waals surface area contributed by atoms with E-state index in [4.69, 9.17) is 0 Å². The predicted molar refractivity (Wildman–Crippen MR) is 40.7 cm³/mol. The van der Waals surface area contributed by atoms with E-state index in [1.54, 1.807) is 0 Å². The van der Waals surface area contributed by atoms with Crippen LogP contribution >= 0.6 is 23.7 Å². The van der Waals surface area contributed by atoms with E-state index in [-0.39, 0.29) is 17.4 Å². The van der Waals surface area contributed by atoms with Crippen molar-refractivity contribution in [1.82, 2.24) is 0 Å². The molecule has 0 unspecified atom stereocenters. The summed E-state index contributed by atoms with van der Waals surface area (Å²) in [5.74, 6) is 0. The standard InChI is InChI=1S/2C2H5ClO.Al/c2*1-2-4-3;/h2*2H2,1H3;. The summed E-state index contributed by atoms with van der Waals surface area (Å²) >= 11 is 9.37. The number of rotatable bonds is 2. The fourth-order valence-electron chi connectivity index (χ4n) is 0. The van der Waals surface area contributed by atoms with E-state index >= 15 is 0 Å². The van der Waals surface area contributed by atoms with Crippen molar-refractivity contribution in [3.05, 3.63) is 0 Å². The van der Waals surface area contributed by atoms with Gasteiger partial charge in [0.05, 0.1) is 36.9 Å². The van der Waals surface area contributed by atoms with Crippen LogP contribution in [0.1, 0.15) is 13.8 Å². The van der Waals surface area contributed by atoms with E-state index in [2.05, 4.69) is 32.3 Å². The molecular formula is C4H10AlCl2O2. The second-order valence-corrected chi connectivity index (χ2v) is 1.23. The molecule has 55 valence electrons. The molecule has 0 aromatic carbocycles. The van der Waals surface area contributed by atoms with Crippen LogP contribution in [0.2, 0.25) is 0 Å². The van der Waals surface area contributed by atoms with Gasteiger partial charge in [0.2, 0.25) is 0 Å². The highest BCUT2D eigenvalue weighted by Gasteiger charge is 1.56. The van der Waals surface area contributed by atoms with Crippen molar-refractivity contribution in [3.63, 3.8) is 0 Å². The molecule has 2 nitrogen and oxygen atoms in total. The molecule has 0 saturated heterocycles. The Morgan fingerprint density at radius 1 is 1.00 bits per heavy atom. The van der Waals surface area contributed by atoms with Gasteiger partial charge in [-0.1, -0.05) is 0 Å². The van der Waals surface area contributed by atoms with Crippen molar-refractivity contribution in [2.24, 2.45) is 0 Å². The smallest absolute Gasteiger partial charge is 0.0654 e. The summed E-state index contributed by atoms with van der Waals surface area (Å²) in [6.07, 6.45) is 0. The van der Waals surface area contributed by atoms with Crippen molar-refractivity contribution in [2.75, 3.05) is 13.2 Å². The van der Waals surface area contributed by atoms with E-state index in [1.165, 1.54) is 0 Å². The molecule has 5 heteroatoms. The maximum Gasteiger partial charge on any atom is 0.0654 e. The Morgan fingerprint density at radius 2 is 1.11 bits per heavy atom. The molecule has 0 aliphatic heterocycles. The van der Waals surface area contributed by atoms with Crippen LogP contribution < -0.4 is 0 Å². The zero-order valence-electron chi connectivity index (χ0n) is 5.56. The Hall–Kier alpha value is 1.03. The van der Waals surface area contributed by atoms with Crippen LogP contribution in [-0.2, 0) is 8.58 Å². The van der Waals surface area contributed by atoms with Gasteiger partial charge in [-0.3, -0.25) is 8.58 Å². The number of hydrogen-bond acceptors (Lipinski definition) is 2. The third-order valence-electron chi connectivity index (χ3n) is 0.218. The van der Waals surface area contributed by atoms with Gasteiger partial charge in [0.15, 0.2) is 0 Å². The fourth-order valence-corrected chi connectivity index (χ4v) is 0. The highest BCUT2D eigenvalue weighted by Crippen LogP contribution is 1.71. The van der Waals surface area contributed by atoms with Gasteiger partial charge in [0.25, 0.3) is 0 Å². The summed E-state index contributed by atoms with van der Waals surface area (Å²) in [5, 5.41) is 0. The summed E-state index contributed by atoms with van der Waals surface area (Å²) in [4.78, 5) is 0. The van der Waals surface area contributed by atoms with E-state index in [9.17, 15) is 0 Å². The van der Waals surface area contributed by atoms with Gasteiger partial charge in [-0.15, -0.1) is 0 Å². The second-order valence-electron chi connectivity index (χ2n) is 0.796. The lowest BCUT2D eigenvalue weighted by atomic mass is 10.9. The Balaban J connectivity index is -0.0000000720. The fraction of sp³-hybridized carbons (Fsp3) is 1.00. The molecule has 3 radical (unpaired) electrons. The van der Waals surface area contributed by atoms with Gasteiger partial charge in [0.1, 0.15) is 0 Å². The molecule has 0 fully saturated rings. The zero-order chi connectivity index (χ0) is 6.83. The summed E-state index contributed by atoms with van der Waals surface area (Å²) in [5.41, 5.74) is 0. The third-order valence-corrected chi connectivity index (χ3v) is 0.655. The molecule has 0 rings (SSSR count). The van der Waals surface area contributed by atoms with E-state index in [1.807, 2.05) is 13.8 Å². The van der Waals surface area contributed by atoms with Gasteiger partial charge in [-0.05, 0) is 13.8 Å². The first-order chi connectivity index (χ1) is 3.83. The first kappa shape index (κ1) is 16.6. The van der Waals surface area contributed by atoms with E-state index < -0.39 is 0 Å². The minimum Gasteiger partial charge on any atom is -0.280 e. The third kappa shape index (κ3) is 48.6. The van der Waals surface area contributed by atoms with Crippen LogP contribution in [0.3, 0.4) is 0 Å². The molecule has 0 aliphatic rings. The topological polar surface area (TPSA) is 18.5 Å². The van der Waals surface area contributed by atoms with Gasteiger partial charge in [-0.25, -0.2) is 0 Å². The molecule has 0 atom stereocenters. The lowest BCUT2D eigenvalue weighted by Gasteiger charge is -1.70. The average molecular weight is 188 g/mol. The molecule has 0 heterocycles. The Bertz CT molecular complexity index is 24.5. The normalized spacial score (nSPS) is 6.67. The molecule has 0 aromatic rings. The number of halogens is 2. The van der Waals surface area contributed by atoms with Crippen molar-refractivity contribution >= 4 is 41.1 Å². The SMILES string of the molecule is CCOCl.CCOCl.[Al]. The molecule has 0 spiro atoms. The molecule has 0 saturated carbocycles. The highest BCUT2D eigenvalue weighted by atomic mass is 35.5.